The molecular weight excluding hydrogens is 788 g/mol. The van der Waals surface area contributed by atoms with Crippen LogP contribution in [0.1, 0.15) is 20.7 Å². The molecule has 3 aromatic rings. The molecule has 26 heavy (non-hydrogen) atoms. The number of amides is 1. The lowest BCUT2D eigenvalue weighted by Gasteiger charge is -2.15. The van der Waals surface area contributed by atoms with Crippen LogP contribution in [0.5, 0.6) is 0 Å². The van der Waals surface area contributed by atoms with E-state index in [1.807, 2.05) is 69.4 Å². The number of fused-ring (bicyclic) bond motifs is 1. The second kappa shape index (κ2) is 8.38. The third-order valence-electron chi connectivity index (χ3n) is 3.59. The van der Waals surface area contributed by atoms with Crippen molar-refractivity contribution in [3.05, 3.63) is 61.9 Å². The van der Waals surface area contributed by atoms with Gasteiger partial charge in [0.1, 0.15) is 0 Å². The Balaban J connectivity index is 2.15. The summed E-state index contributed by atoms with van der Waals surface area (Å²) >= 11 is 8.24. The van der Waals surface area contributed by atoms with E-state index in [2.05, 4.69) is 55.5 Å². The number of nitrogens with zero attached hydrogens (tertiary/aromatic N) is 1. The monoisotopic (exact) mass is 796 g/mol. The minimum atomic E-state index is -1.12. The second-order valence-corrected chi connectivity index (χ2v) is 9.46. The maximum Gasteiger partial charge on any atom is 0.337 e. The van der Waals surface area contributed by atoms with Crippen molar-refractivity contribution in [3.63, 3.8) is 0 Å². The lowest BCUT2D eigenvalue weighted by Crippen LogP contribution is -2.21. The first-order valence-corrected chi connectivity index (χ1v) is 11.4. The van der Waals surface area contributed by atoms with Crippen LogP contribution in [0.4, 0.5) is 5.69 Å². The normalized spacial score (nSPS) is 10.8. The predicted molar refractivity (Wildman–Crippen MR) is 134 cm³/mol. The highest BCUT2D eigenvalue weighted by molar-refractivity contribution is 14.1. The van der Waals surface area contributed by atoms with Crippen LogP contribution in [-0.2, 0) is 0 Å². The topological polar surface area (TPSA) is 79.3 Å². The molecule has 9 heteroatoms. The van der Waals surface area contributed by atoms with Crippen LogP contribution < -0.4 is 5.32 Å². The van der Waals surface area contributed by atoms with Gasteiger partial charge in [-0.1, -0.05) is 18.2 Å². The molecule has 0 saturated heterocycles. The van der Waals surface area contributed by atoms with Crippen molar-refractivity contribution in [3.8, 4) is 0 Å². The number of rotatable bonds is 3. The van der Waals surface area contributed by atoms with E-state index in [9.17, 15) is 14.7 Å². The standard InChI is InChI=1S/C17H8I4N2O3/c18-11-9(10(17(25)26)12(19)14(21)13(11)20)16(24)23-8-5-1-3-7-4-2-6-22-15(7)8/h1-6H,(H,23,24)(H,25,26). The number of pyridine rings is 1. The number of aromatic nitrogens is 1. The molecule has 0 unspecified atom stereocenters. The van der Waals surface area contributed by atoms with Gasteiger partial charge in [0.25, 0.3) is 5.91 Å². The Morgan fingerprint density at radius 2 is 1.50 bits per heavy atom. The largest absolute Gasteiger partial charge is 0.478 e. The Kier molecular flexibility index (Phi) is 6.59. The quantitative estimate of drug-likeness (QED) is 0.206. The minimum absolute atomic E-state index is 0.0190. The smallest absolute Gasteiger partial charge is 0.337 e. The van der Waals surface area contributed by atoms with Gasteiger partial charge in [-0.2, -0.15) is 0 Å². The third-order valence-corrected chi connectivity index (χ3v) is 11.0. The molecule has 0 bridgehead atoms. The van der Waals surface area contributed by atoms with E-state index >= 15 is 0 Å². The van der Waals surface area contributed by atoms with Crippen LogP contribution in [-0.4, -0.2) is 22.0 Å². The second-order valence-electron chi connectivity index (χ2n) is 5.15. The van der Waals surface area contributed by atoms with Crippen LogP contribution in [0.15, 0.2) is 36.5 Å². The molecule has 0 radical (unpaired) electrons. The number of halogens is 4. The average Bonchev–Trinajstić information content (AvgIpc) is 2.62. The third kappa shape index (κ3) is 3.80. The molecule has 0 aliphatic carbocycles. The van der Waals surface area contributed by atoms with E-state index in [4.69, 9.17) is 0 Å². The van der Waals surface area contributed by atoms with Crippen molar-refractivity contribution in [1.29, 1.82) is 0 Å². The molecule has 5 nitrogen and oxygen atoms in total. The number of carbonyl (C=O) groups excluding carboxylic acids is 1. The first-order valence-electron chi connectivity index (χ1n) is 7.07. The van der Waals surface area contributed by atoms with Gasteiger partial charge in [-0.05, 0) is 102 Å². The zero-order chi connectivity index (χ0) is 19.0. The van der Waals surface area contributed by atoms with E-state index in [1.165, 1.54) is 0 Å². The lowest BCUT2D eigenvalue weighted by molar-refractivity contribution is 0.0691. The molecule has 0 saturated carbocycles. The molecule has 2 N–H and O–H groups in total. The van der Waals surface area contributed by atoms with Crippen molar-refractivity contribution >= 4 is 119 Å². The van der Waals surface area contributed by atoms with E-state index in [-0.39, 0.29) is 11.1 Å². The van der Waals surface area contributed by atoms with Crippen molar-refractivity contribution in [2.24, 2.45) is 0 Å². The van der Waals surface area contributed by atoms with Gasteiger partial charge in [0.2, 0.25) is 0 Å². The number of nitrogens with one attached hydrogen (secondary N) is 1. The summed E-state index contributed by atoms with van der Waals surface area (Å²) in [6.07, 6.45) is 1.65. The Morgan fingerprint density at radius 1 is 0.885 bits per heavy atom. The Hall–Kier alpha value is -0.290. The van der Waals surface area contributed by atoms with Gasteiger partial charge >= 0.3 is 5.97 Å². The zero-order valence-electron chi connectivity index (χ0n) is 12.7. The number of hydrogen-bond acceptors (Lipinski definition) is 3. The highest BCUT2D eigenvalue weighted by Crippen LogP contribution is 2.33. The highest BCUT2D eigenvalue weighted by Gasteiger charge is 2.28. The first kappa shape index (κ1) is 20.4. The number of carbonyl (C=O) groups is 2. The van der Waals surface area contributed by atoms with Crippen LogP contribution in [0, 0.1) is 14.3 Å². The number of carboxylic acids is 1. The fourth-order valence-corrected chi connectivity index (χ4v) is 6.10. The Bertz CT molecular complexity index is 1060. The molecule has 1 amide bonds. The molecule has 0 fully saturated rings. The summed E-state index contributed by atoms with van der Waals surface area (Å²) in [7, 11) is 0. The van der Waals surface area contributed by atoms with Crippen molar-refractivity contribution < 1.29 is 14.7 Å². The molecular formula is C17H8I4N2O3. The van der Waals surface area contributed by atoms with Gasteiger partial charge in [0, 0.05) is 25.9 Å². The highest BCUT2D eigenvalue weighted by atomic mass is 127. The van der Waals surface area contributed by atoms with Crippen molar-refractivity contribution in [1.82, 2.24) is 4.98 Å². The van der Waals surface area contributed by atoms with Crippen molar-refractivity contribution in [2.75, 3.05) is 5.32 Å². The minimum Gasteiger partial charge on any atom is -0.478 e. The van der Waals surface area contributed by atoms with Gasteiger partial charge < -0.3 is 10.4 Å². The van der Waals surface area contributed by atoms with E-state index in [1.54, 1.807) is 12.3 Å². The number of benzene rings is 2. The molecule has 2 aromatic carbocycles. The molecule has 3 rings (SSSR count). The SMILES string of the molecule is O=C(O)c1c(I)c(I)c(I)c(I)c1C(=O)Nc1cccc2cccnc12. The van der Waals surface area contributed by atoms with Crippen LogP contribution >= 0.6 is 90.4 Å². The van der Waals surface area contributed by atoms with Gasteiger partial charge in [-0.3, -0.25) is 9.78 Å². The fourth-order valence-electron chi connectivity index (χ4n) is 2.44. The fraction of sp³-hybridized carbons (Fsp3) is 0. The maximum atomic E-state index is 13.0. The molecule has 1 aromatic heterocycles. The average molecular weight is 796 g/mol. The summed E-state index contributed by atoms with van der Waals surface area (Å²) in [4.78, 5) is 29.1. The Labute approximate surface area is 203 Å². The number of carboxylic acid groups (broad SMARTS) is 1. The van der Waals surface area contributed by atoms with Gasteiger partial charge in [-0.15, -0.1) is 0 Å². The molecule has 0 spiro atoms. The number of hydrogen-bond donors (Lipinski definition) is 2. The first-order chi connectivity index (χ1) is 12.3. The van der Waals surface area contributed by atoms with Crippen LogP contribution in [0.25, 0.3) is 10.9 Å². The van der Waals surface area contributed by atoms with Gasteiger partial charge in [0.05, 0.1) is 22.3 Å². The number of para-hydroxylation sites is 1. The van der Waals surface area contributed by atoms with Gasteiger partial charge in [-0.25, -0.2) is 4.79 Å². The summed E-state index contributed by atoms with van der Waals surface area (Å²) in [5, 5.41) is 13.4. The summed E-state index contributed by atoms with van der Waals surface area (Å²) in [6.45, 7) is 0. The Morgan fingerprint density at radius 3 is 2.15 bits per heavy atom. The lowest BCUT2D eigenvalue weighted by atomic mass is 10.1. The number of anilines is 1. The summed E-state index contributed by atoms with van der Waals surface area (Å²) in [5.41, 5.74) is 1.39. The zero-order valence-corrected chi connectivity index (χ0v) is 21.3. The van der Waals surface area contributed by atoms with Crippen LogP contribution in [0.3, 0.4) is 0 Å². The molecule has 0 aliphatic rings. The van der Waals surface area contributed by atoms with Gasteiger partial charge in [0.15, 0.2) is 0 Å². The van der Waals surface area contributed by atoms with E-state index in [0.29, 0.717) is 18.3 Å². The number of aromatic carboxylic acids is 1. The summed E-state index contributed by atoms with van der Waals surface area (Å²) < 4.78 is 2.87. The van der Waals surface area contributed by atoms with Crippen molar-refractivity contribution in [2.45, 2.75) is 0 Å². The summed E-state index contributed by atoms with van der Waals surface area (Å²) in [5.74, 6) is -1.58. The maximum absolute atomic E-state index is 13.0. The van der Waals surface area contributed by atoms with E-state index in [0.717, 1.165) is 12.5 Å². The molecule has 132 valence electrons. The van der Waals surface area contributed by atoms with Crippen LogP contribution in [0.2, 0.25) is 0 Å². The molecule has 1 heterocycles. The molecule has 0 atom stereocenters. The van der Waals surface area contributed by atoms with E-state index < -0.39 is 11.9 Å². The summed E-state index contributed by atoms with van der Waals surface area (Å²) in [6, 6.07) is 9.21. The molecule has 0 aliphatic heterocycles. The predicted octanol–water partition coefficient (Wildman–Crippen LogP) is 5.60.